The lowest BCUT2D eigenvalue weighted by molar-refractivity contribution is 0.276. The molecule has 0 fully saturated rings. The van der Waals surface area contributed by atoms with Crippen molar-refractivity contribution in [3.63, 3.8) is 0 Å². The lowest BCUT2D eigenvalue weighted by Gasteiger charge is -2.19. The van der Waals surface area contributed by atoms with E-state index >= 15 is 0 Å². The summed E-state index contributed by atoms with van der Waals surface area (Å²) in [6.45, 7) is 6.18. The summed E-state index contributed by atoms with van der Waals surface area (Å²) in [5, 5.41) is 3.28. The zero-order valence-electron chi connectivity index (χ0n) is 12.7. The summed E-state index contributed by atoms with van der Waals surface area (Å²) < 4.78 is 0. The molecule has 0 radical (unpaired) electrons. The van der Waals surface area contributed by atoms with Crippen LogP contribution in [-0.2, 0) is 19.4 Å². The smallest absolute Gasteiger partial charge is 0.126 e. The Morgan fingerprint density at radius 1 is 1.00 bits per heavy atom. The van der Waals surface area contributed by atoms with Crippen molar-refractivity contribution in [2.24, 2.45) is 0 Å². The molecule has 0 aliphatic carbocycles. The Morgan fingerprint density at radius 2 is 1.71 bits per heavy atom. The van der Waals surface area contributed by atoms with E-state index in [1.165, 1.54) is 11.1 Å². The van der Waals surface area contributed by atoms with Crippen molar-refractivity contribution in [2.45, 2.75) is 26.3 Å². The first-order chi connectivity index (χ1) is 10.3. The molecule has 110 valence electrons. The van der Waals surface area contributed by atoms with Gasteiger partial charge in [0.05, 0.1) is 5.69 Å². The Hall–Kier alpha value is -1.87. The van der Waals surface area contributed by atoms with Gasteiger partial charge in [-0.2, -0.15) is 0 Å². The zero-order chi connectivity index (χ0) is 14.5. The van der Waals surface area contributed by atoms with Crippen LogP contribution in [0.1, 0.15) is 23.7 Å². The van der Waals surface area contributed by atoms with E-state index in [9.17, 15) is 0 Å². The summed E-state index contributed by atoms with van der Waals surface area (Å²) in [6.07, 6.45) is 2.28. The number of rotatable bonds is 4. The molecule has 0 amide bonds. The van der Waals surface area contributed by atoms with Gasteiger partial charge in [-0.25, -0.2) is 4.98 Å². The van der Waals surface area contributed by atoms with E-state index in [4.69, 9.17) is 0 Å². The molecule has 1 aromatic heterocycles. The summed E-state index contributed by atoms with van der Waals surface area (Å²) in [7, 11) is 0. The molecule has 2 heterocycles. The van der Waals surface area contributed by atoms with Crippen LogP contribution in [0.5, 0.6) is 0 Å². The van der Waals surface area contributed by atoms with Gasteiger partial charge in [-0.05, 0) is 43.0 Å². The fourth-order valence-corrected chi connectivity index (χ4v) is 2.95. The topological polar surface area (TPSA) is 28.2 Å². The van der Waals surface area contributed by atoms with Crippen LogP contribution in [0.3, 0.4) is 0 Å². The van der Waals surface area contributed by atoms with Gasteiger partial charge in [-0.1, -0.05) is 30.3 Å². The SMILES string of the molecule is CCNc1cccc(CN2CCc3ccccc3CC2)n1. The van der Waals surface area contributed by atoms with E-state index < -0.39 is 0 Å². The Bertz CT molecular complexity index is 568. The van der Waals surface area contributed by atoms with Crippen LogP contribution in [0.15, 0.2) is 42.5 Å². The normalized spacial score (nSPS) is 15.3. The summed E-state index contributed by atoms with van der Waals surface area (Å²) in [4.78, 5) is 7.20. The van der Waals surface area contributed by atoms with Crippen molar-refractivity contribution in [1.29, 1.82) is 0 Å². The molecule has 1 N–H and O–H groups in total. The molecule has 21 heavy (non-hydrogen) atoms. The van der Waals surface area contributed by atoms with Gasteiger partial charge in [0.15, 0.2) is 0 Å². The second kappa shape index (κ2) is 6.72. The number of aromatic nitrogens is 1. The molecule has 3 rings (SSSR count). The van der Waals surface area contributed by atoms with E-state index in [1.54, 1.807) is 0 Å². The van der Waals surface area contributed by atoms with Gasteiger partial charge in [-0.15, -0.1) is 0 Å². The maximum absolute atomic E-state index is 4.68. The van der Waals surface area contributed by atoms with E-state index in [-0.39, 0.29) is 0 Å². The Morgan fingerprint density at radius 3 is 2.38 bits per heavy atom. The fourth-order valence-electron chi connectivity index (χ4n) is 2.95. The average molecular weight is 281 g/mol. The third-order valence-electron chi connectivity index (χ3n) is 4.06. The molecule has 0 spiro atoms. The second-order valence-electron chi connectivity index (χ2n) is 5.59. The van der Waals surface area contributed by atoms with E-state index in [1.807, 2.05) is 6.07 Å². The van der Waals surface area contributed by atoms with Crippen molar-refractivity contribution < 1.29 is 0 Å². The van der Waals surface area contributed by atoms with Crippen molar-refractivity contribution in [1.82, 2.24) is 9.88 Å². The molecule has 0 saturated heterocycles. The van der Waals surface area contributed by atoms with Crippen molar-refractivity contribution >= 4 is 5.82 Å². The standard InChI is InChI=1S/C18H23N3/c1-2-19-18-9-5-8-17(20-18)14-21-12-10-15-6-3-4-7-16(15)11-13-21/h3-9H,2,10-14H2,1H3,(H,19,20). The van der Waals surface area contributed by atoms with Crippen LogP contribution in [-0.4, -0.2) is 29.5 Å². The lowest BCUT2D eigenvalue weighted by atomic mass is 10.0. The van der Waals surface area contributed by atoms with Gasteiger partial charge in [0.2, 0.25) is 0 Å². The van der Waals surface area contributed by atoms with Gasteiger partial charge in [-0.3, -0.25) is 4.90 Å². The highest BCUT2D eigenvalue weighted by Gasteiger charge is 2.14. The van der Waals surface area contributed by atoms with Gasteiger partial charge < -0.3 is 5.32 Å². The highest BCUT2D eigenvalue weighted by Crippen LogP contribution is 2.17. The fraction of sp³-hybridized carbons (Fsp3) is 0.389. The number of benzene rings is 1. The summed E-state index contributed by atoms with van der Waals surface area (Å²) in [5.74, 6) is 0.980. The first-order valence-electron chi connectivity index (χ1n) is 7.84. The third kappa shape index (κ3) is 3.61. The van der Waals surface area contributed by atoms with Crippen LogP contribution >= 0.6 is 0 Å². The Kier molecular flexibility index (Phi) is 4.51. The summed E-state index contributed by atoms with van der Waals surface area (Å²) in [6, 6.07) is 15.1. The highest BCUT2D eigenvalue weighted by molar-refractivity contribution is 5.35. The summed E-state index contributed by atoms with van der Waals surface area (Å²) >= 11 is 0. The first-order valence-corrected chi connectivity index (χ1v) is 7.84. The number of hydrogen-bond donors (Lipinski definition) is 1. The van der Waals surface area contributed by atoms with Crippen molar-refractivity contribution in [3.05, 3.63) is 59.3 Å². The largest absolute Gasteiger partial charge is 0.370 e. The molecular formula is C18H23N3. The Labute approximate surface area is 127 Å². The van der Waals surface area contributed by atoms with Gasteiger partial charge in [0.1, 0.15) is 5.82 Å². The maximum Gasteiger partial charge on any atom is 0.126 e. The predicted molar refractivity (Wildman–Crippen MR) is 87.5 cm³/mol. The van der Waals surface area contributed by atoms with Crippen LogP contribution in [0.2, 0.25) is 0 Å². The molecular weight excluding hydrogens is 258 g/mol. The van der Waals surface area contributed by atoms with Crippen molar-refractivity contribution in [2.75, 3.05) is 25.0 Å². The minimum absolute atomic E-state index is 0.912. The molecule has 0 saturated carbocycles. The number of nitrogens with zero attached hydrogens (tertiary/aromatic N) is 2. The molecule has 1 aliphatic heterocycles. The van der Waals surface area contributed by atoms with Crippen LogP contribution < -0.4 is 5.32 Å². The Balaban J connectivity index is 1.65. The van der Waals surface area contributed by atoms with Crippen LogP contribution in [0.4, 0.5) is 5.82 Å². The number of nitrogens with one attached hydrogen (secondary N) is 1. The van der Waals surface area contributed by atoms with Gasteiger partial charge in [0, 0.05) is 26.2 Å². The molecule has 2 aromatic rings. The van der Waals surface area contributed by atoms with Crippen LogP contribution in [0, 0.1) is 0 Å². The number of fused-ring (bicyclic) bond motifs is 1. The number of hydrogen-bond acceptors (Lipinski definition) is 3. The monoisotopic (exact) mass is 281 g/mol. The molecule has 0 atom stereocenters. The molecule has 0 unspecified atom stereocenters. The summed E-state index contributed by atoms with van der Waals surface area (Å²) in [5.41, 5.74) is 4.17. The van der Waals surface area contributed by atoms with E-state index in [2.05, 4.69) is 58.5 Å². The van der Waals surface area contributed by atoms with Crippen molar-refractivity contribution in [3.8, 4) is 0 Å². The van der Waals surface area contributed by atoms with Gasteiger partial charge >= 0.3 is 0 Å². The molecule has 3 nitrogen and oxygen atoms in total. The van der Waals surface area contributed by atoms with Crippen LogP contribution in [0.25, 0.3) is 0 Å². The zero-order valence-corrected chi connectivity index (χ0v) is 12.7. The van der Waals surface area contributed by atoms with Gasteiger partial charge in [0.25, 0.3) is 0 Å². The molecule has 0 bridgehead atoms. The maximum atomic E-state index is 4.68. The first kappa shape index (κ1) is 14.1. The minimum atomic E-state index is 0.912. The number of pyridine rings is 1. The minimum Gasteiger partial charge on any atom is -0.370 e. The highest BCUT2D eigenvalue weighted by atomic mass is 15.1. The number of anilines is 1. The quantitative estimate of drug-likeness (QED) is 0.933. The predicted octanol–water partition coefficient (Wildman–Crippen LogP) is 3.11. The lowest BCUT2D eigenvalue weighted by Crippen LogP contribution is -2.26. The third-order valence-corrected chi connectivity index (χ3v) is 4.06. The average Bonchev–Trinajstić information content (AvgIpc) is 2.71. The second-order valence-corrected chi connectivity index (χ2v) is 5.59. The molecule has 3 heteroatoms. The molecule has 1 aromatic carbocycles. The van der Waals surface area contributed by atoms with E-state index in [0.717, 1.165) is 50.5 Å². The van der Waals surface area contributed by atoms with E-state index in [0.29, 0.717) is 0 Å². The molecule has 1 aliphatic rings.